The molecule has 0 fully saturated rings. The van der Waals surface area contributed by atoms with Crippen LogP contribution in [0.3, 0.4) is 0 Å². The average Bonchev–Trinajstić information content (AvgIpc) is 3.14. The highest BCUT2D eigenvalue weighted by Gasteiger charge is 2.30. The molecule has 0 saturated carbocycles. The van der Waals surface area contributed by atoms with Crippen LogP contribution in [0.15, 0.2) is 87.7 Å². The van der Waals surface area contributed by atoms with Crippen LogP contribution >= 0.6 is 0 Å². The van der Waals surface area contributed by atoms with Gasteiger partial charge >= 0.3 is 0 Å². The molecule has 0 amide bonds. The number of anilines is 1. The second-order valence-electron chi connectivity index (χ2n) is 7.63. The second-order valence-corrected chi connectivity index (χ2v) is 9.52. The van der Waals surface area contributed by atoms with Crippen molar-refractivity contribution in [1.29, 1.82) is 0 Å². The Balaban J connectivity index is 1.74. The first-order chi connectivity index (χ1) is 16.9. The van der Waals surface area contributed by atoms with E-state index in [9.17, 15) is 13.5 Å². The lowest BCUT2D eigenvalue weighted by Crippen LogP contribution is -2.06. The highest BCUT2D eigenvalue weighted by Crippen LogP contribution is 2.35. The predicted molar refractivity (Wildman–Crippen MR) is 134 cm³/mol. The van der Waals surface area contributed by atoms with Gasteiger partial charge in [-0.3, -0.25) is 0 Å². The molecule has 0 bridgehead atoms. The second kappa shape index (κ2) is 8.73. The van der Waals surface area contributed by atoms with Gasteiger partial charge in [0.15, 0.2) is 17.1 Å². The Morgan fingerprint density at radius 2 is 1.71 bits per heavy atom. The van der Waals surface area contributed by atoms with Crippen molar-refractivity contribution in [1.82, 2.24) is 14.6 Å². The van der Waals surface area contributed by atoms with Crippen molar-refractivity contribution in [2.24, 2.45) is 5.10 Å². The van der Waals surface area contributed by atoms with Crippen molar-refractivity contribution in [3.05, 3.63) is 78.4 Å². The summed E-state index contributed by atoms with van der Waals surface area (Å²) in [4.78, 5) is 9.13. The zero-order valence-electron chi connectivity index (χ0n) is 18.7. The molecule has 10 heteroatoms. The third-order valence-electron chi connectivity index (χ3n) is 5.36. The van der Waals surface area contributed by atoms with Crippen molar-refractivity contribution >= 4 is 44.1 Å². The Morgan fingerprint density at radius 3 is 2.43 bits per heavy atom. The summed E-state index contributed by atoms with van der Waals surface area (Å²) in [6, 6.07) is 19.9. The monoisotopic (exact) mass is 487 g/mol. The number of aromatic nitrogens is 3. The standard InChI is InChI=1S/C25H21N5O4S/c1-2-34-21-14-16(12-13-20(21)31)15-27-30-24(26)23(35(32,33)17-8-4-3-5-9-17)22-25(30)29-19-11-7-6-10-18(19)28-22/h3-15,31H,2,26H2,1H3. The van der Waals surface area contributed by atoms with Crippen LogP contribution in [0, 0.1) is 0 Å². The largest absolute Gasteiger partial charge is 0.504 e. The van der Waals surface area contributed by atoms with E-state index in [1.807, 2.05) is 13.0 Å². The first kappa shape index (κ1) is 22.4. The lowest BCUT2D eigenvalue weighted by molar-refractivity contribution is 0.318. The number of phenolic OH excluding ortho intramolecular Hbond substituents is 1. The van der Waals surface area contributed by atoms with Crippen molar-refractivity contribution in [3.8, 4) is 11.5 Å². The van der Waals surface area contributed by atoms with Crippen molar-refractivity contribution in [2.75, 3.05) is 12.3 Å². The van der Waals surface area contributed by atoms with E-state index in [4.69, 9.17) is 10.5 Å². The highest BCUT2D eigenvalue weighted by atomic mass is 32.2. The van der Waals surface area contributed by atoms with Gasteiger partial charge in [0.25, 0.3) is 0 Å². The van der Waals surface area contributed by atoms with E-state index in [1.54, 1.807) is 48.5 Å². The number of aromatic hydroxyl groups is 1. The molecule has 0 spiro atoms. The number of nitrogens with zero attached hydrogens (tertiary/aromatic N) is 4. The number of benzene rings is 3. The van der Waals surface area contributed by atoms with Gasteiger partial charge in [-0.15, -0.1) is 0 Å². The van der Waals surface area contributed by atoms with Crippen LogP contribution in [0.1, 0.15) is 12.5 Å². The zero-order chi connectivity index (χ0) is 24.6. The first-order valence-corrected chi connectivity index (χ1v) is 12.3. The number of rotatable bonds is 6. The number of phenols is 1. The molecule has 2 heterocycles. The third-order valence-corrected chi connectivity index (χ3v) is 7.19. The molecule has 3 aromatic carbocycles. The van der Waals surface area contributed by atoms with E-state index < -0.39 is 9.84 Å². The Hall–Kier alpha value is -4.44. The summed E-state index contributed by atoms with van der Waals surface area (Å²) in [5, 5.41) is 14.4. The van der Waals surface area contributed by atoms with Crippen LogP contribution in [0.4, 0.5) is 5.82 Å². The van der Waals surface area contributed by atoms with Crippen molar-refractivity contribution in [2.45, 2.75) is 16.7 Å². The van der Waals surface area contributed by atoms with E-state index in [0.717, 1.165) is 0 Å². The SMILES string of the molecule is CCOc1cc(C=Nn2c(N)c(S(=O)(=O)c3ccccc3)c3nc4ccccc4nc32)ccc1O. The highest BCUT2D eigenvalue weighted by molar-refractivity contribution is 7.92. The van der Waals surface area contributed by atoms with Gasteiger partial charge in [0.2, 0.25) is 9.84 Å². The molecule has 9 nitrogen and oxygen atoms in total. The lowest BCUT2D eigenvalue weighted by Gasteiger charge is -2.06. The fourth-order valence-corrected chi connectivity index (χ4v) is 5.23. The number of para-hydroxylation sites is 2. The Bertz CT molecular complexity index is 1700. The predicted octanol–water partition coefficient (Wildman–Crippen LogP) is 3.99. The van der Waals surface area contributed by atoms with Crippen LogP contribution in [-0.2, 0) is 9.84 Å². The molecule has 2 aromatic heterocycles. The summed E-state index contributed by atoms with van der Waals surface area (Å²) in [6.07, 6.45) is 1.48. The summed E-state index contributed by atoms with van der Waals surface area (Å²) >= 11 is 0. The quantitative estimate of drug-likeness (QED) is 0.346. The molecule has 176 valence electrons. The smallest absolute Gasteiger partial charge is 0.212 e. The van der Waals surface area contributed by atoms with E-state index in [2.05, 4.69) is 15.1 Å². The van der Waals surface area contributed by atoms with Crippen molar-refractivity contribution < 1.29 is 18.3 Å². The Morgan fingerprint density at radius 1 is 1.03 bits per heavy atom. The maximum atomic E-state index is 13.6. The minimum Gasteiger partial charge on any atom is -0.504 e. The fourth-order valence-electron chi connectivity index (χ4n) is 3.73. The molecule has 35 heavy (non-hydrogen) atoms. The molecule has 5 aromatic rings. The fraction of sp³-hybridized carbons (Fsp3) is 0.0800. The number of ether oxygens (including phenoxy) is 1. The van der Waals surface area contributed by atoms with E-state index in [0.29, 0.717) is 29.0 Å². The summed E-state index contributed by atoms with van der Waals surface area (Å²) < 4.78 is 33.9. The average molecular weight is 488 g/mol. The first-order valence-electron chi connectivity index (χ1n) is 10.8. The molecule has 5 rings (SSSR count). The Labute approximate surface area is 201 Å². The molecule has 0 aliphatic rings. The number of hydrogen-bond donors (Lipinski definition) is 2. The van der Waals surface area contributed by atoms with Gasteiger partial charge in [0.05, 0.1) is 28.8 Å². The molecule has 0 unspecified atom stereocenters. The summed E-state index contributed by atoms with van der Waals surface area (Å²) in [5.74, 6) is 0.197. The number of nitrogen functional groups attached to an aromatic ring is 1. The normalized spacial score (nSPS) is 12.0. The molecular weight excluding hydrogens is 466 g/mol. The summed E-state index contributed by atoms with van der Waals surface area (Å²) in [6.45, 7) is 2.19. The van der Waals surface area contributed by atoms with Gasteiger partial charge in [0.1, 0.15) is 16.2 Å². The topological polar surface area (TPSA) is 133 Å². The van der Waals surface area contributed by atoms with Gasteiger partial charge < -0.3 is 15.6 Å². The summed E-state index contributed by atoms with van der Waals surface area (Å²) in [5.41, 5.74) is 8.43. The number of nitrogens with two attached hydrogens (primary N) is 1. The van der Waals surface area contributed by atoms with Crippen LogP contribution in [0.25, 0.3) is 22.2 Å². The van der Waals surface area contributed by atoms with Gasteiger partial charge in [-0.05, 0) is 55.0 Å². The van der Waals surface area contributed by atoms with Gasteiger partial charge in [0, 0.05) is 0 Å². The van der Waals surface area contributed by atoms with E-state index >= 15 is 0 Å². The zero-order valence-corrected chi connectivity index (χ0v) is 19.5. The maximum absolute atomic E-state index is 13.6. The van der Waals surface area contributed by atoms with Gasteiger partial charge in [-0.25, -0.2) is 18.4 Å². The van der Waals surface area contributed by atoms with Crippen LogP contribution < -0.4 is 10.5 Å². The summed E-state index contributed by atoms with van der Waals surface area (Å²) in [7, 11) is -4.02. The van der Waals surface area contributed by atoms with Crippen LogP contribution in [0.5, 0.6) is 11.5 Å². The van der Waals surface area contributed by atoms with Crippen LogP contribution in [0.2, 0.25) is 0 Å². The number of hydrogen-bond acceptors (Lipinski definition) is 8. The minimum atomic E-state index is -4.02. The molecule has 0 saturated heterocycles. The van der Waals surface area contributed by atoms with Gasteiger partial charge in [-0.1, -0.05) is 30.3 Å². The number of sulfone groups is 1. The molecular formula is C25H21N5O4S. The molecule has 0 aliphatic heterocycles. The van der Waals surface area contributed by atoms with Crippen molar-refractivity contribution in [3.63, 3.8) is 0 Å². The molecule has 0 atom stereocenters. The number of fused-ring (bicyclic) bond motifs is 2. The third kappa shape index (κ3) is 3.93. The van der Waals surface area contributed by atoms with E-state index in [-0.39, 0.29) is 32.5 Å². The van der Waals surface area contributed by atoms with E-state index in [1.165, 1.54) is 29.1 Å². The molecule has 3 N–H and O–H groups in total. The molecule has 0 aliphatic carbocycles. The Kier molecular flexibility index (Phi) is 5.58. The lowest BCUT2D eigenvalue weighted by atomic mass is 10.2. The van der Waals surface area contributed by atoms with Crippen LogP contribution in [-0.4, -0.2) is 41.0 Å². The molecule has 0 radical (unpaired) electrons. The van der Waals surface area contributed by atoms with Gasteiger partial charge in [-0.2, -0.15) is 9.78 Å². The minimum absolute atomic E-state index is 0.00325. The maximum Gasteiger partial charge on any atom is 0.212 e.